The highest BCUT2D eigenvalue weighted by Gasteiger charge is 2.31. The van der Waals surface area contributed by atoms with Crippen LogP contribution in [0.25, 0.3) is 0 Å². The molecule has 0 bridgehead atoms. The van der Waals surface area contributed by atoms with E-state index in [2.05, 4.69) is 20.8 Å². The van der Waals surface area contributed by atoms with E-state index < -0.39 is 42.0 Å². The first kappa shape index (κ1) is 25.8. The second-order valence-corrected chi connectivity index (χ2v) is 6.16. The van der Waals surface area contributed by atoms with Crippen molar-refractivity contribution in [3.63, 3.8) is 0 Å². The number of nitrogens with two attached hydrogens (primary N) is 1. The van der Waals surface area contributed by atoms with Gasteiger partial charge < -0.3 is 20.5 Å². The predicted octanol–water partition coefficient (Wildman–Crippen LogP) is 4.97. The molecule has 2 aromatic rings. The Balaban J connectivity index is 0.00000151. The van der Waals surface area contributed by atoms with Crippen molar-refractivity contribution in [2.45, 2.75) is 32.1 Å². The summed E-state index contributed by atoms with van der Waals surface area (Å²) in [6.45, 7) is 0.129. The van der Waals surface area contributed by atoms with Crippen LogP contribution in [0.3, 0.4) is 0 Å². The van der Waals surface area contributed by atoms with Gasteiger partial charge in [-0.15, -0.1) is 13.2 Å². The van der Waals surface area contributed by atoms with Gasteiger partial charge >= 0.3 is 6.36 Å². The average molecular weight is 457 g/mol. The first-order chi connectivity index (χ1) is 14.1. The van der Waals surface area contributed by atoms with Gasteiger partial charge in [0.1, 0.15) is 11.6 Å². The lowest BCUT2D eigenvalue weighted by atomic mass is 10.1. The van der Waals surface area contributed by atoms with Crippen LogP contribution in [0.5, 0.6) is 11.6 Å². The summed E-state index contributed by atoms with van der Waals surface area (Å²) in [5.74, 6) is -7.61. The van der Waals surface area contributed by atoms with Crippen LogP contribution in [0.2, 0.25) is 0 Å². The first-order valence-corrected chi connectivity index (χ1v) is 8.32. The minimum absolute atomic E-state index is 0.169. The summed E-state index contributed by atoms with van der Waals surface area (Å²) in [4.78, 5) is 12.4. The monoisotopic (exact) mass is 457 g/mol. The van der Waals surface area contributed by atoms with Crippen molar-refractivity contribution in [1.29, 1.82) is 0 Å². The molecule has 0 radical (unpaired) electrons. The molecule has 0 fully saturated rings. The summed E-state index contributed by atoms with van der Waals surface area (Å²) < 4.78 is 98.2. The topological polar surface area (TPSA) is 86.5 Å². The van der Waals surface area contributed by atoms with Crippen LogP contribution >= 0.6 is 0 Å². The zero-order chi connectivity index (χ0) is 23.9. The molecule has 1 heterocycles. The summed E-state index contributed by atoms with van der Waals surface area (Å²) in [5.41, 5.74) is 3.82. The number of amides is 1. The van der Waals surface area contributed by atoms with E-state index in [9.17, 15) is 30.7 Å². The number of benzene rings is 1. The van der Waals surface area contributed by atoms with Crippen molar-refractivity contribution in [1.82, 2.24) is 4.98 Å². The first-order valence-electron chi connectivity index (χ1n) is 8.32. The molecule has 172 valence electrons. The van der Waals surface area contributed by atoms with Gasteiger partial charge in [-0.25, -0.2) is 17.6 Å². The maximum atomic E-state index is 13.7. The minimum atomic E-state index is -4.86. The number of anilines is 2. The maximum absolute atomic E-state index is 13.7. The second kappa shape index (κ2) is 10.2. The van der Waals surface area contributed by atoms with Crippen molar-refractivity contribution >= 4 is 17.9 Å². The third-order valence-electron chi connectivity index (χ3n) is 3.14. The van der Waals surface area contributed by atoms with E-state index in [1.54, 1.807) is 0 Å². The van der Waals surface area contributed by atoms with Gasteiger partial charge in [0.25, 0.3) is 11.8 Å². The van der Waals surface area contributed by atoms with E-state index in [1.807, 2.05) is 0 Å². The van der Waals surface area contributed by atoms with Crippen molar-refractivity contribution in [3.05, 3.63) is 42.0 Å². The molecule has 0 atom stereocenters. The predicted molar refractivity (Wildman–Crippen MR) is 96.6 cm³/mol. The number of pyridine rings is 1. The van der Waals surface area contributed by atoms with Crippen LogP contribution in [-0.2, 0) is 10.7 Å². The SMILES string of the molecule is CC(F)(F)COc1cc(C(C)(F)F)cc(Nc2ccc(OC(F)(F)F)cc2)n1.NC=O. The Labute approximate surface area is 172 Å². The molecular weight excluding hydrogens is 439 g/mol. The molecular formula is C18H18F7N3O3. The largest absolute Gasteiger partial charge is 0.573 e. The highest BCUT2D eigenvalue weighted by molar-refractivity contribution is 5.58. The van der Waals surface area contributed by atoms with Crippen molar-refractivity contribution in [2.24, 2.45) is 5.73 Å². The Morgan fingerprint density at radius 1 is 1.03 bits per heavy atom. The van der Waals surface area contributed by atoms with Crippen LogP contribution in [0.1, 0.15) is 19.4 Å². The number of nitrogens with one attached hydrogen (secondary N) is 1. The number of carbonyl (C=O) groups is 1. The molecule has 3 N–H and O–H groups in total. The lowest BCUT2D eigenvalue weighted by molar-refractivity contribution is -0.274. The third kappa shape index (κ3) is 10.4. The van der Waals surface area contributed by atoms with Gasteiger partial charge in [0.2, 0.25) is 12.3 Å². The van der Waals surface area contributed by atoms with E-state index >= 15 is 0 Å². The quantitative estimate of drug-likeness (QED) is 0.453. The molecule has 1 aromatic heterocycles. The molecule has 0 aliphatic heterocycles. The fourth-order valence-electron chi connectivity index (χ4n) is 1.99. The Morgan fingerprint density at radius 2 is 1.58 bits per heavy atom. The smallest absolute Gasteiger partial charge is 0.471 e. The van der Waals surface area contributed by atoms with Crippen LogP contribution in [0.4, 0.5) is 42.2 Å². The van der Waals surface area contributed by atoms with Crippen LogP contribution in [-0.4, -0.2) is 30.3 Å². The Kier molecular flexibility index (Phi) is 8.46. The second-order valence-electron chi connectivity index (χ2n) is 6.16. The molecule has 2 rings (SSSR count). The van der Waals surface area contributed by atoms with E-state index in [1.165, 1.54) is 12.1 Å². The zero-order valence-corrected chi connectivity index (χ0v) is 16.1. The van der Waals surface area contributed by atoms with Crippen molar-refractivity contribution < 1.29 is 45.0 Å². The molecule has 0 spiro atoms. The number of nitrogens with zero attached hydrogens (tertiary/aromatic N) is 1. The van der Waals surface area contributed by atoms with Crippen LogP contribution < -0.4 is 20.5 Å². The van der Waals surface area contributed by atoms with E-state index in [-0.39, 0.29) is 17.9 Å². The Hall–Kier alpha value is -3.25. The van der Waals surface area contributed by atoms with Gasteiger partial charge in [0, 0.05) is 31.2 Å². The highest BCUT2D eigenvalue weighted by Crippen LogP contribution is 2.32. The van der Waals surface area contributed by atoms with Crippen molar-refractivity contribution in [3.8, 4) is 11.6 Å². The Bertz CT molecular complexity index is 848. The molecule has 0 aliphatic rings. The molecule has 1 amide bonds. The molecule has 0 unspecified atom stereocenters. The fourth-order valence-corrected chi connectivity index (χ4v) is 1.99. The van der Waals surface area contributed by atoms with Crippen molar-refractivity contribution in [2.75, 3.05) is 11.9 Å². The van der Waals surface area contributed by atoms with E-state index in [0.29, 0.717) is 13.8 Å². The number of aromatic nitrogens is 1. The summed E-state index contributed by atoms with van der Waals surface area (Å²) in [7, 11) is 0. The zero-order valence-electron chi connectivity index (χ0n) is 16.1. The van der Waals surface area contributed by atoms with Gasteiger partial charge in [-0.3, -0.25) is 4.79 Å². The number of primary amides is 1. The fraction of sp³-hybridized carbons (Fsp3) is 0.333. The lowest BCUT2D eigenvalue weighted by Gasteiger charge is -2.17. The van der Waals surface area contributed by atoms with E-state index in [4.69, 9.17) is 9.53 Å². The highest BCUT2D eigenvalue weighted by atomic mass is 19.4. The van der Waals surface area contributed by atoms with Gasteiger partial charge in [-0.2, -0.15) is 4.98 Å². The van der Waals surface area contributed by atoms with Gasteiger partial charge in [-0.05, 0) is 30.3 Å². The summed E-state index contributed by atoms with van der Waals surface area (Å²) in [5, 5.41) is 2.60. The number of alkyl halides is 7. The summed E-state index contributed by atoms with van der Waals surface area (Å²) >= 11 is 0. The standard InChI is InChI=1S/C17H15F7N2O2.CH3NO/c1-15(18,19)9-27-14-8-10(16(2,20)21)7-13(26-14)25-11-3-5-12(6-4-11)28-17(22,23)24;2-1-3/h3-8H,9H2,1-2H3,(H,25,26);1H,(H2,2,3). The minimum Gasteiger partial charge on any atom is -0.471 e. The number of ether oxygens (including phenoxy) is 2. The number of halogens is 7. The Morgan fingerprint density at radius 3 is 2.03 bits per heavy atom. The number of rotatable bonds is 7. The lowest BCUT2D eigenvalue weighted by Crippen LogP contribution is -2.21. The summed E-state index contributed by atoms with van der Waals surface area (Å²) in [6.07, 6.45) is -4.61. The van der Waals surface area contributed by atoms with Gasteiger partial charge in [0.05, 0.1) is 0 Å². The number of carbonyl (C=O) groups excluding carboxylic acids is 1. The average Bonchev–Trinajstić information content (AvgIpc) is 2.60. The van der Waals surface area contributed by atoms with E-state index in [0.717, 1.165) is 24.3 Å². The summed E-state index contributed by atoms with van der Waals surface area (Å²) in [6, 6.07) is 6.20. The molecule has 0 aliphatic carbocycles. The van der Waals surface area contributed by atoms with Crippen LogP contribution in [0.15, 0.2) is 36.4 Å². The molecule has 0 saturated carbocycles. The molecule has 6 nitrogen and oxygen atoms in total. The molecule has 31 heavy (non-hydrogen) atoms. The molecule has 1 aromatic carbocycles. The number of hydrogen-bond acceptors (Lipinski definition) is 5. The molecule has 13 heteroatoms. The normalized spacial score (nSPS) is 11.8. The van der Waals surface area contributed by atoms with Crippen LogP contribution in [0, 0.1) is 0 Å². The van der Waals surface area contributed by atoms with Gasteiger partial charge in [-0.1, -0.05) is 0 Å². The third-order valence-corrected chi connectivity index (χ3v) is 3.14. The number of hydrogen-bond donors (Lipinski definition) is 2. The maximum Gasteiger partial charge on any atom is 0.573 e. The van der Waals surface area contributed by atoms with Gasteiger partial charge in [0.15, 0.2) is 6.61 Å². The molecule has 0 saturated heterocycles.